The molecule has 0 unspecified atom stereocenters. The molecule has 240 valence electrons. The minimum Gasteiger partial charge on any atom is -1.00 e. The van der Waals surface area contributed by atoms with Crippen molar-refractivity contribution in [3.05, 3.63) is 12.2 Å². The van der Waals surface area contributed by atoms with E-state index in [-0.39, 0.29) is 44.0 Å². The second-order valence-electron chi connectivity index (χ2n) is 11.6. The molecule has 0 aliphatic rings. The van der Waals surface area contributed by atoms with E-state index in [9.17, 15) is 13.2 Å². The van der Waals surface area contributed by atoms with Crippen LogP contribution in [-0.4, -0.2) is 21.0 Å². The first-order valence-electron chi connectivity index (χ1n) is 17.3. The predicted molar refractivity (Wildman–Crippen MR) is 172 cm³/mol. The summed E-state index contributed by atoms with van der Waals surface area (Å²) in [5.74, 6) is -0.710. The van der Waals surface area contributed by atoms with E-state index in [1.165, 1.54) is 122 Å². The molecular weight excluding hydrogens is 543 g/mol. The largest absolute Gasteiger partial charge is 1.00 e. The van der Waals surface area contributed by atoms with Crippen LogP contribution in [0.15, 0.2) is 12.2 Å². The summed E-state index contributed by atoms with van der Waals surface area (Å²) in [6, 6.07) is 0. The van der Waals surface area contributed by atoms with Crippen LogP contribution < -0.4 is 29.6 Å². The fourth-order valence-corrected chi connectivity index (χ4v) is 5.66. The molecule has 0 aromatic heterocycles. The van der Waals surface area contributed by atoms with Crippen molar-refractivity contribution in [2.45, 2.75) is 194 Å². The number of hydrogen-bond donors (Lipinski definition) is 0. The van der Waals surface area contributed by atoms with Gasteiger partial charge in [0.25, 0.3) is 0 Å². The Hall–Kier alpha value is 0.120. The molecule has 0 aliphatic carbocycles. The van der Waals surface area contributed by atoms with E-state index in [1.807, 2.05) is 0 Å². The van der Waals surface area contributed by atoms with Crippen molar-refractivity contribution < 1.29 is 52.6 Å². The molecule has 0 heterocycles. The van der Waals surface area contributed by atoms with Crippen LogP contribution in [0.1, 0.15) is 195 Å². The summed E-state index contributed by atoms with van der Waals surface area (Å²) in [5, 5.41) is 0. The summed E-state index contributed by atoms with van der Waals surface area (Å²) in [5.41, 5.74) is 0. The molecule has 0 saturated heterocycles. The smallest absolute Gasteiger partial charge is 1.00 e. The molecular formula is C34H67NaO5S. The van der Waals surface area contributed by atoms with Crippen molar-refractivity contribution in [1.82, 2.24) is 0 Å². The molecule has 0 aromatic rings. The van der Waals surface area contributed by atoms with Crippen LogP contribution in [0.3, 0.4) is 0 Å². The van der Waals surface area contributed by atoms with Gasteiger partial charge in [-0.15, -0.1) is 0 Å². The monoisotopic (exact) mass is 610 g/mol. The molecule has 0 aliphatic heterocycles. The van der Waals surface area contributed by atoms with Gasteiger partial charge in [-0.25, -0.2) is 4.18 Å². The van der Waals surface area contributed by atoms with Crippen molar-refractivity contribution in [3.63, 3.8) is 0 Å². The third-order valence-corrected chi connectivity index (χ3v) is 8.41. The van der Waals surface area contributed by atoms with Crippen LogP contribution in [0.4, 0.5) is 0 Å². The maximum absolute atomic E-state index is 11.9. The van der Waals surface area contributed by atoms with Crippen molar-refractivity contribution in [2.24, 2.45) is 0 Å². The van der Waals surface area contributed by atoms with Crippen LogP contribution in [0.5, 0.6) is 0 Å². The normalized spacial score (nSPS) is 11.7. The average Bonchev–Trinajstić information content (AvgIpc) is 2.92. The van der Waals surface area contributed by atoms with Crippen molar-refractivity contribution in [2.75, 3.05) is 6.61 Å². The summed E-state index contributed by atoms with van der Waals surface area (Å²) in [4.78, 5) is 11.9. The number of rotatable bonds is 32. The first-order chi connectivity index (χ1) is 19.5. The molecule has 0 bridgehead atoms. The zero-order valence-electron chi connectivity index (χ0n) is 28.6. The Morgan fingerprint density at radius 1 is 0.537 bits per heavy atom. The third kappa shape index (κ3) is 36.2. The first-order valence-corrected chi connectivity index (χ1v) is 18.6. The molecule has 0 aromatic carbocycles. The fraction of sp³-hybridized carbons (Fsp3) is 0.912. The van der Waals surface area contributed by atoms with Gasteiger partial charge < -0.3 is 5.61 Å². The molecule has 7 heteroatoms. The van der Waals surface area contributed by atoms with Gasteiger partial charge in [-0.05, 0) is 38.5 Å². The molecule has 41 heavy (non-hydrogen) atoms. The Kier molecular flexibility index (Phi) is 36.5. The predicted octanol–water partition coefficient (Wildman–Crippen LogP) is 8.43. The van der Waals surface area contributed by atoms with Crippen LogP contribution in [-0.2, 0) is 23.6 Å². The van der Waals surface area contributed by atoms with E-state index < -0.39 is 16.4 Å². The third-order valence-electron chi connectivity index (χ3n) is 7.56. The topological polar surface area (TPSA) is 69.7 Å². The first kappa shape index (κ1) is 43.2. The summed E-state index contributed by atoms with van der Waals surface area (Å²) in [6.07, 6.45) is 37.4. The molecule has 0 rings (SSSR count). The van der Waals surface area contributed by atoms with Crippen LogP contribution in [0, 0.1) is 0 Å². The Labute approximate surface area is 279 Å². The maximum Gasteiger partial charge on any atom is 1.00 e. The summed E-state index contributed by atoms with van der Waals surface area (Å²) in [6.45, 7) is 4.59. The Morgan fingerprint density at radius 3 is 1.29 bits per heavy atom. The Balaban J connectivity index is -0.00000760. The minimum absolute atomic E-state index is 0. The van der Waals surface area contributed by atoms with E-state index in [0.717, 1.165) is 38.5 Å². The molecule has 0 saturated carbocycles. The van der Waals surface area contributed by atoms with E-state index in [1.54, 1.807) is 0 Å². The minimum atomic E-state index is -4.23. The second-order valence-corrected chi connectivity index (χ2v) is 12.8. The number of carbonyl (C=O) groups excluding carboxylic acids is 1. The molecule has 0 amide bonds. The second kappa shape index (κ2) is 34.6. The number of unbranched alkanes of at least 4 members (excludes halogenated alkanes) is 24. The van der Waals surface area contributed by atoms with Crippen molar-refractivity contribution >= 4 is 16.4 Å². The molecule has 0 radical (unpaired) electrons. The molecule has 0 atom stereocenters. The van der Waals surface area contributed by atoms with Gasteiger partial charge >= 0.3 is 45.9 Å². The van der Waals surface area contributed by atoms with Gasteiger partial charge in [0.05, 0.1) is 6.61 Å². The van der Waals surface area contributed by atoms with Crippen LogP contribution in [0.25, 0.3) is 0 Å². The van der Waals surface area contributed by atoms with Gasteiger partial charge in [0, 0.05) is 6.42 Å². The van der Waals surface area contributed by atoms with Gasteiger partial charge in [-0.2, -0.15) is 8.42 Å². The SMILES string of the molecule is CCCCCCCCC=CCCCCCCCC(=O)OS(=O)(=O)OCCCCCCCCCCCCCCCC.[H-].[Na+]. The molecule has 0 fully saturated rings. The zero-order valence-corrected chi connectivity index (χ0v) is 30.4. The average molecular weight is 611 g/mol. The molecule has 0 N–H and O–H groups in total. The number of hydrogen-bond acceptors (Lipinski definition) is 5. The van der Waals surface area contributed by atoms with Gasteiger partial charge in [0.15, 0.2) is 0 Å². The van der Waals surface area contributed by atoms with Gasteiger partial charge in [0.2, 0.25) is 0 Å². The summed E-state index contributed by atoms with van der Waals surface area (Å²) in [7, 11) is -4.23. The van der Waals surface area contributed by atoms with Crippen LogP contribution >= 0.6 is 0 Å². The Morgan fingerprint density at radius 2 is 0.878 bits per heavy atom. The van der Waals surface area contributed by atoms with Gasteiger partial charge in [0.1, 0.15) is 0 Å². The van der Waals surface area contributed by atoms with E-state index in [2.05, 4.69) is 30.2 Å². The summed E-state index contributed by atoms with van der Waals surface area (Å²) < 4.78 is 33.2. The molecule has 5 nitrogen and oxygen atoms in total. The fourth-order valence-electron chi connectivity index (χ4n) is 4.98. The van der Waals surface area contributed by atoms with E-state index in [0.29, 0.717) is 12.8 Å². The number of carbonyl (C=O) groups is 1. The standard InChI is InChI=1S/C34H66O5S.Na.H/c1-3-5-7-9-11-13-15-17-19-20-22-24-26-28-30-32-34(35)39-40(36,37)38-33-31-29-27-25-23-21-18-16-14-12-10-8-6-4-2;;/h17,19H,3-16,18,20-33H2,1-2H3;;/q;+1;-1. The van der Waals surface area contributed by atoms with Crippen molar-refractivity contribution in [3.8, 4) is 0 Å². The quantitative estimate of drug-likeness (QED) is 0.0434. The van der Waals surface area contributed by atoms with Crippen LogP contribution in [0.2, 0.25) is 0 Å². The maximum atomic E-state index is 11.9. The zero-order chi connectivity index (χ0) is 29.4. The van der Waals surface area contributed by atoms with Gasteiger partial charge in [-0.1, -0.05) is 161 Å². The molecule has 0 spiro atoms. The van der Waals surface area contributed by atoms with Crippen molar-refractivity contribution in [1.29, 1.82) is 0 Å². The summed E-state index contributed by atoms with van der Waals surface area (Å²) >= 11 is 0. The van der Waals surface area contributed by atoms with E-state index >= 15 is 0 Å². The Bertz CT molecular complexity index is 673. The number of allylic oxidation sites excluding steroid dienone is 2. The van der Waals surface area contributed by atoms with Gasteiger partial charge in [-0.3, -0.25) is 4.79 Å². The van der Waals surface area contributed by atoms with E-state index in [4.69, 9.17) is 4.18 Å².